The van der Waals surface area contributed by atoms with E-state index in [2.05, 4.69) is 36.0 Å². The molecule has 0 saturated carbocycles. The van der Waals surface area contributed by atoms with Crippen molar-refractivity contribution in [3.63, 3.8) is 0 Å². The third kappa shape index (κ3) is 3.26. The van der Waals surface area contributed by atoms with Crippen molar-refractivity contribution < 1.29 is 14.0 Å². The zero-order valence-electron chi connectivity index (χ0n) is 14.9. The van der Waals surface area contributed by atoms with Crippen LogP contribution >= 0.6 is 0 Å². The molecule has 5 nitrogen and oxygen atoms in total. The van der Waals surface area contributed by atoms with E-state index in [1.807, 2.05) is 12.1 Å². The number of benzene rings is 1. The van der Waals surface area contributed by atoms with Crippen LogP contribution in [0.15, 0.2) is 28.8 Å². The Morgan fingerprint density at radius 2 is 2.12 bits per heavy atom. The summed E-state index contributed by atoms with van der Waals surface area (Å²) >= 11 is 0. The summed E-state index contributed by atoms with van der Waals surface area (Å²) in [5.41, 5.74) is 2.18. The van der Waals surface area contributed by atoms with Crippen LogP contribution in [0.1, 0.15) is 55.7 Å². The Kier molecular flexibility index (Phi) is 5.09. The molecule has 3 rings (SSSR count). The molecular weight excluding hydrogens is 304 g/mol. The average molecular weight is 330 g/mol. The van der Waals surface area contributed by atoms with Crippen molar-refractivity contribution in [2.75, 3.05) is 20.8 Å². The number of hydrogen-bond donors (Lipinski definition) is 0. The van der Waals surface area contributed by atoms with Gasteiger partial charge in [0.25, 0.3) is 0 Å². The van der Waals surface area contributed by atoms with E-state index in [1.54, 1.807) is 14.2 Å². The summed E-state index contributed by atoms with van der Waals surface area (Å²) in [4.78, 5) is 2.44. The minimum Gasteiger partial charge on any atom is -0.493 e. The van der Waals surface area contributed by atoms with Gasteiger partial charge < -0.3 is 14.0 Å². The van der Waals surface area contributed by atoms with E-state index in [0.29, 0.717) is 12.0 Å². The molecule has 0 radical (unpaired) electrons. The number of ether oxygens (including phenoxy) is 2. The van der Waals surface area contributed by atoms with Crippen molar-refractivity contribution >= 4 is 0 Å². The second kappa shape index (κ2) is 7.26. The minimum absolute atomic E-state index is 0.303. The Morgan fingerprint density at radius 3 is 2.79 bits per heavy atom. The first-order valence-electron chi connectivity index (χ1n) is 8.54. The van der Waals surface area contributed by atoms with Gasteiger partial charge >= 0.3 is 0 Å². The van der Waals surface area contributed by atoms with Crippen molar-refractivity contribution in [2.24, 2.45) is 0 Å². The van der Waals surface area contributed by atoms with Crippen LogP contribution in [-0.4, -0.2) is 30.8 Å². The zero-order valence-corrected chi connectivity index (χ0v) is 14.9. The first-order chi connectivity index (χ1) is 11.6. The fourth-order valence-electron chi connectivity index (χ4n) is 3.38. The van der Waals surface area contributed by atoms with E-state index in [0.717, 1.165) is 48.0 Å². The normalized spacial score (nSPS) is 18.3. The number of hydrogen-bond acceptors (Lipinski definition) is 5. The number of aromatic nitrogens is 1. The summed E-state index contributed by atoms with van der Waals surface area (Å²) in [6.45, 7) is 6.11. The monoisotopic (exact) mass is 330 g/mol. The number of likely N-dealkylation sites (tertiary alicyclic amines) is 1. The van der Waals surface area contributed by atoms with Gasteiger partial charge in [-0.15, -0.1) is 0 Å². The molecule has 1 aromatic heterocycles. The summed E-state index contributed by atoms with van der Waals surface area (Å²) in [6, 6.07) is 8.44. The molecule has 1 aliphatic rings. The molecule has 1 aromatic carbocycles. The van der Waals surface area contributed by atoms with Crippen LogP contribution in [0.25, 0.3) is 0 Å². The fraction of sp³-hybridized carbons (Fsp3) is 0.526. The molecule has 1 atom stereocenters. The molecule has 1 fully saturated rings. The lowest BCUT2D eigenvalue weighted by Gasteiger charge is -2.24. The largest absolute Gasteiger partial charge is 0.493 e. The van der Waals surface area contributed by atoms with E-state index in [-0.39, 0.29) is 0 Å². The van der Waals surface area contributed by atoms with Crippen LogP contribution in [0, 0.1) is 0 Å². The van der Waals surface area contributed by atoms with Gasteiger partial charge in [0, 0.05) is 24.1 Å². The van der Waals surface area contributed by atoms with Crippen LogP contribution in [0.5, 0.6) is 11.5 Å². The topological polar surface area (TPSA) is 47.7 Å². The first-order valence-corrected chi connectivity index (χ1v) is 8.54. The third-order valence-electron chi connectivity index (χ3n) is 4.68. The summed E-state index contributed by atoms with van der Waals surface area (Å²) in [6.07, 6.45) is 2.27. The van der Waals surface area contributed by atoms with Gasteiger partial charge in [-0.05, 0) is 25.5 Å². The van der Waals surface area contributed by atoms with E-state index in [1.165, 1.54) is 6.42 Å². The molecule has 0 spiro atoms. The summed E-state index contributed by atoms with van der Waals surface area (Å²) in [5.74, 6) is 2.90. The molecule has 0 bridgehead atoms. The highest BCUT2D eigenvalue weighted by Gasteiger charge is 2.30. The lowest BCUT2D eigenvalue weighted by Crippen LogP contribution is -2.23. The number of rotatable bonds is 6. The Labute approximate surface area is 143 Å². The maximum atomic E-state index is 5.57. The van der Waals surface area contributed by atoms with Gasteiger partial charge in [0.15, 0.2) is 11.5 Å². The highest BCUT2D eigenvalue weighted by atomic mass is 16.5. The van der Waals surface area contributed by atoms with Gasteiger partial charge in [-0.25, -0.2) is 0 Å². The quantitative estimate of drug-likeness (QED) is 0.796. The maximum Gasteiger partial charge on any atom is 0.165 e. The fourth-order valence-corrected chi connectivity index (χ4v) is 3.38. The molecule has 0 unspecified atom stereocenters. The molecule has 1 aliphatic heterocycles. The van der Waals surface area contributed by atoms with Crippen LogP contribution in [0.3, 0.4) is 0 Å². The summed E-state index contributed by atoms with van der Waals surface area (Å²) < 4.78 is 16.5. The van der Waals surface area contributed by atoms with Gasteiger partial charge in [0.2, 0.25) is 0 Å². The Morgan fingerprint density at radius 1 is 1.29 bits per heavy atom. The Hall–Kier alpha value is -2.01. The molecule has 2 heterocycles. The lowest BCUT2D eigenvalue weighted by molar-refractivity contribution is 0.231. The van der Waals surface area contributed by atoms with Gasteiger partial charge in [-0.1, -0.05) is 31.1 Å². The van der Waals surface area contributed by atoms with Crippen molar-refractivity contribution in [1.82, 2.24) is 10.1 Å². The van der Waals surface area contributed by atoms with Crippen molar-refractivity contribution in [3.8, 4) is 11.5 Å². The van der Waals surface area contributed by atoms with Gasteiger partial charge in [-0.3, -0.25) is 4.90 Å². The molecule has 0 amide bonds. The average Bonchev–Trinajstić information content (AvgIpc) is 3.23. The molecule has 0 N–H and O–H groups in total. The second-order valence-corrected chi connectivity index (χ2v) is 6.59. The minimum atomic E-state index is 0.303. The van der Waals surface area contributed by atoms with E-state index in [9.17, 15) is 0 Å². The number of para-hydroxylation sites is 1. The molecule has 5 heteroatoms. The van der Waals surface area contributed by atoms with Crippen LogP contribution in [0.2, 0.25) is 0 Å². The van der Waals surface area contributed by atoms with E-state index >= 15 is 0 Å². The van der Waals surface area contributed by atoms with Crippen molar-refractivity contribution in [1.29, 1.82) is 0 Å². The predicted octanol–water partition coefficient (Wildman–Crippen LogP) is 4.15. The molecular formula is C19H26N2O3. The SMILES string of the molecule is COc1cccc(CN2CCC[C@@H]2c2cc(C(C)C)on2)c1OC. The summed E-state index contributed by atoms with van der Waals surface area (Å²) in [5, 5.41) is 4.32. The molecule has 0 aliphatic carbocycles. The number of methoxy groups -OCH3 is 2. The summed E-state index contributed by atoms with van der Waals surface area (Å²) in [7, 11) is 3.36. The van der Waals surface area contributed by atoms with Gasteiger partial charge in [0.1, 0.15) is 11.5 Å². The van der Waals surface area contributed by atoms with Crippen LogP contribution < -0.4 is 9.47 Å². The van der Waals surface area contributed by atoms with E-state index in [4.69, 9.17) is 14.0 Å². The third-order valence-corrected chi connectivity index (χ3v) is 4.68. The lowest BCUT2D eigenvalue weighted by atomic mass is 10.1. The van der Waals surface area contributed by atoms with E-state index < -0.39 is 0 Å². The first kappa shape index (κ1) is 16.8. The van der Waals surface area contributed by atoms with Gasteiger partial charge in [-0.2, -0.15) is 0 Å². The standard InChI is InChI=1S/C19H26N2O3/c1-13(2)18-11-15(20-24-18)16-8-6-10-21(16)12-14-7-5-9-17(22-3)19(14)23-4/h5,7,9,11,13,16H,6,8,10,12H2,1-4H3/t16-/m1/s1. The Bertz CT molecular complexity index is 681. The second-order valence-electron chi connectivity index (χ2n) is 6.59. The van der Waals surface area contributed by atoms with Crippen molar-refractivity contribution in [3.05, 3.63) is 41.3 Å². The van der Waals surface area contributed by atoms with Crippen molar-refractivity contribution in [2.45, 2.75) is 45.2 Å². The van der Waals surface area contributed by atoms with Crippen LogP contribution in [-0.2, 0) is 6.54 Å². The zero-order chi connectivity index (χ0) is 17.1. The highest BCUT2D eigenvalue weighted by molar-refractivity contribution is 5.46. The molecule has 130 valence electrons. The molecule has 1 saturated heterocycles. The molecule has 24 heavy (non-hydrogen) atoms. The smallest absolute Gasteiger partial charge is 0.165 e. The predicted molar refractivity (Wildman–Crippen MR) is 92.5 cm³/mol. The van der Waals surface area contributed by atoms with Crippen LogP contribution in [0.4, 0.5) is 0 Å². The van der Waals surface area contributed by atoms with Gasteiger partial charge in [0.05, 0.1) is 20.3 Å². The number of nitrogens with zero attached hydrogens (tertiary/aromatic N) is 2. The Balaban J connectivity index is 1.81. The maximum absolute atomic E-state index is 5.57. The molecule has 2 aromatic rings. The highest BCUT2D eigenvalue weighted by Crippen LogP contribution is 2.37.